The molecule has 0 spiro atoms. The topological polar surface area (TPSA) is 49.7 Å². The minimum atomic E-state index is -0.108. The van der Waals surface area contributed by atoms with Crippen LogP contribution in [0, 0.1) is 6.92 Å². The maximum atomic E-state index is 13.2. The van der Waals surface area contributed by atoms with Crippen LogP contribution >= 0.6 is 11.8 Å². The molecular formula is C21H22N2O2S. The molecule has 4 nitrogen and oxygen atoms in total. The summed E-state index contributed by atoms with van der Waals surface area (Å²) in [5.74, 6) is -0.102. The van der Waals surface area contributed by atoms with Crippen LogP contribution in [0.1, 0.15) is 46.5 Å². The van der Waals surface area contributed by atoms with Crippen molar-refractivity contribution >= 4 is 34.3 Å². The Morgan fingerprint density at radius 2 is 1.69 bits per heavy atom. The highest BCUT2D eigenvalue weighted by atomic mass is 32.2. The lowest BCUT2D eigenvalue weighted by Crippen LogP contribution is -2.35. The van der Waals surface area contributed by atoms with Crippen LogP contribution in [0.25, 0.3) is 0 Å². The molecule has 0 saturated carbocycles. The van der Waals surface area contributed by atoms with Crippen molar-refractivity contribution in [1.29, 1.82) is 0 Å². The van der Waals surface area contributed by atoms with Gasteiger partial charge in [0.15, 0.2) is 11.0 Å². The van der Waals surface area contributed by atoms with E-state index in [2.05, 4.69) is 11.9 Å². The Kier molecular flexibility index (Phi) is 5.57. The molecule has 2 aromatic rings. The van der Waals surface area contributed by atoms with Gasteiger partial charge in [-0.3, -0.25) is 19.5 Å². The van der Waals surface area contributed by atoms with Crippen molar-refractivity contribution in [2.45, 2.75) is 32.4 Å². The number of nitrogens with zero attached hydrogens (tertiary/aromatic N) is 2. The minimum absolute atomic E-state index is 0.00610. The molecule has 0 aromatic heterocycles. The highest BCUT2D eigenvalue weighted by Gasteiger charge is 2.29. The van der Waals surface area contributed by atoms with E-state index < -0.39 is 0 Å². The molecule has 0 bridgehead atoms. The van der Waals surface area contributed by atoms with E-state index in [0.717, 1.165) is 29.4 Å². The van der Waals surface area contributed by atoms with E-state index in [-0.39, 0.29) is 11.7 Å². The van der Waals surface area contributed by atoms with Crippen LogP contribution in [0.3, 0.4) is 0 Å². The van der Waals surface area contributed by atoms with E-state index in [1.165, 1.54) is 6.92 Å². The predicted octanol–water partition coefficient (Wildman–Crippen LogP) is 4.73. The fourth-order valence-electron chi connectivity index (χ4n) is 2.72. The van der Waals surface area contributed by atoms with E-state index in [0.29, 0.717) is 16.4 Å². The highest BCUT2D eigenvalue weighted by molar-refractivity contribution is 8.15. The number of ketones is 1. The van der Waals surface area contributed by atoms with Gasteiger partial charge in [-0.25, -0.2) is 0 Å². The predicted molar refractivity (Wildman–Crippen MR) is 108 cm³/mol. The van der Waals surface area contributed by atoms with Crippen molar-refractivity contribution in [1.82, 2.24) is 0 Å². The third-order valence-electron chi connectivity index (χ3n) is 4.38. The Balaban J connectivity index is 1.97. The van der Waals surface area contributed by atoms with Crippen molar-refractivity contribution in [3.05, 3.63) is 65.2 Å². The third-order valence-corrected chi connectivity index (χ3v) is 5.72. The number of carbonyl (C=O) groups is 2. The molecule has 26 heavy (non-hydrogen) atoms. The molecule has 1 aliphatic rings. The second-order valence-corrected chi connectivity index (χ2v) is 7.65. The quantitative estimate of drug-likeness (QED) is 0.735. The van der Waals surface area contributed by atoms with E-state index in [4.69, 9.17) is 0 Å². The lowest BCUT2D eigenvalue weighted by molar-refractivity contribution is 0.0999. The molecule has 0 N–H and O–H groups in total. The van der Waals surface area contributed by atoms with Gasteiger partial charge in [-0.15, -0.1) is 0 Å². The van der Waals surface area contributed by atoms with Gasteiger partial charge in [0, 0.05) is 16.4 Å². The number of aryl methyl sites for hydroxylation is 1. The van der Waals surface area contributed by atoms with Crippen LogP contribution in [0.4, 0.5) is 5.69 Å². The monoisotopic (exact) mass is 366 g/mol. The summed E-state index contributed by atoms with van der Waals surface area (Å²) in [6, 6.07) is 14.7. The van der Waals surface area contributed by atoms with Crippen LogP contribution < -0.4 is 4.90 Å². The average Bonchev–Trinajstić information content (AvgIpc) is 3.11. The SMILES string of the molecule is CC[C@H]1CN=C(N(C(=O)c2ccc(C)cc2)c2ccc(C(C)=O)cc2)S1. The molecule has 3 rings (SSSR count). The summed E-state index contributed by atoms with van der Waals surface area (Å²) in [7, 11) is 0. The number of amidine groups is 1. The summed E-state index contributed by atoms with van der Waals surface area (Å²) in [6.07, 6.45) is 1.01. The van der Waals surface area contributed by atoms with Crippen molar-refractivity contribution in [2.24, 2.45) is 4.99 Å². The fraction of sp³-hybridized carbons (Fsp3) is 0.286. The number of thioether (sulfide) groups is 1. The lowest BCUT2D eigenvalue weighted by atomic mass is 10.1. The largest absolute Gasteiger partial charge is 0.295 e. The molecule has 1 aliphatic heterocycles. The minimum Gasteiger partial charge on any atom is -0.295 e. The number of Topliss-reactive ketones (excluding diaryl/α,β-unsaturated/α-hetero) is 1. The van der Waals surface area contributed by atoms with Gasteiger partial charge in [-0.05, 0) is 56.7 Å². The molecular weight excluding hydrogens is 344 g/mol. The molecule has 1 atom stereocenters. The number of amides is 1. The van der Waals surface area contributed by atoms with Crippen LogP contribution in [-0.4, -0.2) is 28.7 Å². The maximum absolute atomic E-state index is 13.2. The number of carbonyl (C=O) groups excluding carboxylic acids is 2. The van der Waals surface area contributed by atoms with Gasteiger partial charge in [0.05, 0.1) is 12.2 Å². The first-order valence-corrected chi connectivity index (χ1v) is 9.60. The number of hydrogen-bond donors (Lipinski definition) is 0. The van der Waals surface area contributed by atoms with E-state index in [1.807, 2.05) is 43.3 Å². The zero-order valence-electron chi connectivity index (χ0n) is 15.2. The fourth-order valence-corrected chi connectivity index (χ4v) is 3.78. The first kappa shape index (κ1) is 18.4. The summed E-state index contributed by atoms with van der Waals surface area (Å²) < 4.78 is 0. The molecule has 2 aromatic carbocycles. The molecule has 0 aliphatic carbocycles. The summed E-state index contributed by atoms with van der Waals surface area (Å²) in [5.41, 5.74) is 3.08. The molecule has 0 radical (unpaired) electrons. The highest BCUT2D eigenvalue weighted by Crippen LogP contribution is 2.30. The molecule has 1 amide bonds. The van der Waals surface area contributed by atoms with Crippen molar-refractivity contribution in [3.63, 3.8) is 0 Å². The number of hydrogen-bond acceptors (Lipinski definition) is 4. The molecule has 5 heteroatoms. The van der Waals surface area contributed by atoms with Crippen molar-refractivity contribution in [3.8, 4) is 0 Å². The van der Waals surface area contributed by atoms with Gasteiger partial charge in [-0.1, -0.05) is 36.4 Å². The Hall–Kier alpha value is -2.40. The second-order valence-electron chi connectivity index (χ2n) is 6.38. The third kappa shape index (κ3) is 3.88. The van der Waals surface area contributed by atoms with Crippen molar-refractivity contribution in [2.75, 3.05) is 11.4 Å². The lowest BCUT2D eigenvalue weighted by Gasteiger charge is -2.23. The average molecular weight is 366 g/mol. The Morgan fingerprint density at radius 1 is 1.08 bits per heavy atom. The second kappa shape index (κ2) is 7.87. The van der Waals surface area contributed by atoms with Crippen LogP contribution in [0.15, 0.2) is 53.5 Å². The van der Waals surface area contributed by atoms with E-state index in [9.17, 15) is 9.59 Å². The summed E-state index contributed by atoms with van der Waals surface area (Å²) in [5, 5.41) is 1.12. The number of anilines is 1. The van der Waals surface area contributed by atoms with Crippen LogP contribution in [-0.2, 0) is 0 Å². The first-order chi connectivity index (χ1) is 12.5. The Morgan fingerprint density at radius 3 is 2.23 bits per heavy atom. The summed E-state index contributed by atoms with van der Waals surface area (Å²) in [6.45, 7) is 6.38. The molecule has 0 fully saturated rings. The smallest absolute Gasteiger partial charge is 0.264 e. The first-order valence-electron chi connectivity index (χ1n) is 8.73. The Labute approximate surface area is 158 Å². The number of rotatable bonds is 4. The molecule has 0 unspecified atom stereocenters. The standard InChI is InChI=1S/C21H22N2O2S/c1-4-19-13-22-21(26-19)23(18-11-9-16(10-12-18)15(3)24)20(25)17-7-5-14(2)6-8-17/h5-12,19H,4,13H2,1-3H3/t19-/m0/s1. The van der Waals surface area contributed by atoms with Gasteiger partial charge in [0.2, 0.25) is 0 Å². The normalized spacial score (nSPS) is 16.3. The molecule has 134 valence electrons. The zero-order chi connectivity index (χ0) is 18.7. The van der Waals surface area contributed by atoms with Crippen LogP contribution in [0.2, 0.25) is 0 Å². The Bertz CT molecular complexity index is 841. The number of benzene rings is 2. The van der Waals surface area contributed by atoms with Crippen molar-refractivity contribution < 1.29 is 9.59 Å². The number of aliphatic imine (C=N–C) groups is 1. The van der Waals surface area contributed by atoms with Gasteiger partial charge >= 0.3 is 0 Å². The molecule has 1 heterocycles. The van der Waals surface area contributed by atoms with Gasteiger partial charge in [-0.2, -0.15) is 0 Å². The van der Waals surface area contributed by atoms with Crippen LogP contribution in [0.5, 0.6) is 0 Å². The van der Waals surface area contributed by atoms with Gasteiger partial charge in [0.1, 0.15) is 0 Å². The summed E-state index contributed by atoms with van der Waals surface area (Å²) in [4.78, 5) is 31.0. The summed E-state index contributed by atoms with van der Waals surface area (Å²) >= 11 is 1.64. The van der Waals surface area contributed by atoms with E-state index in [1.54, 1.807) is 28.8 Å². The molecule has 0 saturated heterocycles. The van der Waals surface area contributed by atoms with Gasteiger partial charge < -0.3 is 0 Å². The zero-order valence-corrected chi connectivity index (χ0v) is 16.0. The van der Waals surface area contributed by atoms with Gasteiger partial charge in [0.25, 0.3) is 5.91 Å². The maximum Gasteiger partial charge on any atom is 0.264 e. The van der Waals surface area contributed by atoms with E-state index >= 15 is 0 Å².